The first-order valence-electron chi connectivity index (χ1n) is 5.74. The number of piperidine rings is 1. The van der Waals surface area contributed by atoms with Crippen molar-refractivity contribution < 1.29 is 8.42 Å². The summed E-state index contributed by atoms with van der Waals surface area (Å²) in [5.41, 5.74) is 8.41. The Morgan fingerprint density at radius 3 is 2.72 bits per heavy atom. The quantitative estimate of drug-likeness (QED) is 0.477. The van der Waals surface area contributed by atoms with Crippen molar-refractivity contribution in [1.82, 2.24) is 4.31 Å². The van der Waals surface area contributed by atoms with Crippen LogP contribution >= 0.6 is 0 Å². The Morgan fingerprint density at radius 1 is 1.33 bits per heavy atom. The maximum atomic E-state index is 12.3. The first-order chi connectivity index (χ1) is 8.64. The van der Waals surface area contributed by atoms with Crippen LogP contribution < -0.4 is 0 Å². The molecule has 96 valence electrons. The molecule has 1 aliphatic rings. The van der Waals surface area contributed by atoms with E-state index in [0.717, 1.165) is 12.8 Å². The lowest BCUT2D eigenvalue weighted by atomic mass is 10.1. The molecular weight excluding hydrogens is 252 g/mol. The summed E-state index contributed by atoms with van der Waals surface area (Å²) in [5.74, 6) is 0. The van der Waals surface area contributed by atoms with Gasteiger partial charge in [0.25, 0.3) is 0 Å². The van der Waals surface area contributed by atoms with Gasteiger partial charge in [-0.2, -0.15) is 4.31 Å². The summed E-state index contributed by atoms with van der Waals surface area (Å²) in [5, 5.41) is 3.62. The molecule has 6 nitrogen and oxygen atoms in total. The van der Waals surface area contributed by atoms with Gasteiger partial charge in [0, 0.05) is 18.0 Å². The van der Waals surface area contributed by atoms with Crippen LogP contribution in [-0.4, -0.2) is 31.9 Å². The van der Waals surface area contributed by atoms with Crippen molar-refractivity contribution in [2.24, 2.45) is 5.11 Å². The number of nitrogens with zero attached hydrogens (tertiary/aromatic N) is 4. The van der Waals surface area contributed by atoms with E-state index in [9.17, 15) is 8.42 Å². The molecule has 0 radical (unpaired) electrons. The predicted octanol–water partition coefficient (Wildman–Crippen LogP) is 2.15. The van der Waals surface area contributed by atoms with E-state index in [4.69, 9.17) is 5.53 Å². The molecule has 1 atom stereocenters. The van der Waals surface area contributed by atoms with E-state index in [0.29, 0.717) is 6.54 Å². The van der Waals surface area contributed by atoms with E-state index in [1.54, 1.807) is 30.3 Å². The minimum atomic E-state index is -3.46. The van der Waals surface area contributed by atoms with Gasteiger partial charge in [-0.05, 0) is 30.5 Å². The van der Waals surface area contributed by atoms with Gasteiger partial charge in [0.15, 0.2) is 0 Å². The molecule has 7 heteroatoms. The van der Waals surface area contributed by atoms with Crippen molar-refractivity contribution in [3.05, 3.63) is 40.8 Å². The molecule has 0 saturated carbocycles. The summed E-state index contributed by atoms with van der Waals surface area (Å²) >= 11 is 0. The topological polar surface area (TPSA) is 86.1 Å². The molecule has 0 spiro atoms. The molecule has 0 N–H and O–H groups in total. The molecule has 1 unspecified atom stereocenters. The van der Waals surface area contributed by atoms with E-state index in [2.05, 4.69) is 10.0 Å². The Balaban J connectivity index is 2.23. The molecule has 0 amide bonds. The second kappa shape index (κ2) is 5.39. The van der Waals surface area contributed by atoms with Crippen molar-refractivity contribution in [1.29, 1.82) is 0 Å². The fourth-order valence-corrected chi connectivity index (χ4v) is 3.59. The second-order valence-corrected chi connectivity index (χ2v) is 6.12. The molecule has 0 aliphatic carbocycles. The van der Waals surface area contributed by atoms with Crippen LogP contribution in [0.15, 0.2) is 40.3 Å². The van der Waals surface area contributed by atoms with Crippen molar-refractivity contribution >= 4 is 10.0 Å². The molecule has 0 bridgehead atoms. The monoisotopic (exact) mass is 266 g/mol. The summed E-state index contributed by atoms with van der Waals surface area (Å²) in [4.78, 5) is 3.04. The third-order valence-corrected chi connectivity index (χ3v) is 4.83. The van der Waals surface area contributed by atoms with E-state index < -0.39 is 10.0 Å². The number of hydrogen-bond donors (Lipinski definition) is 0. The number of benzene rings is 1. The number of sulfonamides is 1. The highest BCUT2D eigenvalue weighted by Crippen LogP contribution is 2.21. The van der Waals surface area contributed by atoms with Crippen LogP contribution in [0.3, 0.4) is 0 Å². The molecule has 1 saturated heterocycles. The second-order valence-electron chi connectivity index (χ2n) is 4.18. The third-order valence-electron chi connectivity index (χ3n) is 2.96. The molecular formula is C11H14N4O2S. The summed E-state index contributed by atoms with van der Waals surface area (Å²) < 4.78 is 26.1. The van der Waals surface area contributed by atoms with Gasteiger partial charge in [-0.3, -0.25) is 0 Å². The van der Waals surface area contributed by atoms with Gasteiger partial charge < -0.3 is 0 Å². The largest absolute Gasteiger partial charge is 0.243 e. The van der Waals surface area contributed by atoms with Gasteiger partial charge in [0.2, 0.25) is 10.0 Å². The molecule has 1 aromatic carbocycles. The summed E-state index contributed by atoms with van der Waals surface area (Å²) in [6, 6.07) is 8.06. The van der Waals surface area contributed by atoms with Crippen LogP contribution in [0.25, 0.3) is 10.4 Å². The van der Waals surface area contributed by atoms with Gasteiger partial charge in [0.1, 0.15) is 0 Å². The van der Waals surface area contributed by atoms with E-state index in [1.165, 1.54) is 4.31 Å². The number of rotatable bonds is 3. The average molecular weight is 266 g/mol. The van der Waals surface area contributed by atoms with Crippen molar-refractivity contribution in [3.63, 3.8) is 0 Å². The molecule has 1 fully saturated rings. The maximum absolute atomic E-state index is 12.3. The van der Waals surface area contributed by atoms with Crippen LogP contribution in [0.4, 0.5) is 0 Å². The molecule has 1 heterocycles. The van der Waals surface area contributed by atoms with Crippen molar-refractivity contribution in [3.8, 4) is 0 Å². The van der Waals surface area contributed by atoms with Crippen LogP contribution in [0.1, 0.15) is 12.8 Å². The lowest BCUT2D eigenvalue weighted by Gasteiger charge is -2.29. The third kappa shape index (κ3) is 2.64. The number of azide groups is 1. The van der Waals surface area contributed by atoms with Gasteiger partial charge in [0.05, 0.1) is 10.9 Å². The predicted molar refractivity (Wildman–Crippen MR) is 67.4 cm³/mol. The van der Waals surface area contributed by atoms with Crippen molar-refractivity contribution in [2.45, 2.75) is 23.8 Å². The fourth-order valence-electron chi connectivity index (χ4n) is 2.05. The molecule has 1 aromatic rings. The SMILES string of the molecule is [N-]=[N+]=NC1CCCN(S(=O)(=O)c2ccccc2)C1. The highest BCUT2D eigenvalue weighted by Gasteiger charge is 2.29. The van der Waals surface area contributed by atoms with Crippen LogP contribution in [-0.2, 0) is 10.0 Å². The van der Waals surface area contributed by atoms with Gasteiger partial charge in [-0.1, -0.05) is 23.3 Å². The normalized spacial score (nSPS) is 21.2. The van der Waals surface area contributed by atoms with Gasteiger partial charge in [-0.15, -0.1) is 0 Å². The standard InChI is InChI=1S/C11H14N4O2S/c12-14-13-10-5-4-8-15(9-10)18(16,17)11-6-2-1-3-7-11/h1-3,6-7,10H,4-5,8-9H2. The Labute approximate surface area is 106 Å². The highest BCUT2D eigenvalue weighted by molar-refractivity contribution is 7.89. The van der Waals surface area contributed by atoms with Crippen LogP contribution in [0.5, 0.6) is 0 Å². The Hall–Kier alpha value is -1.56. The summed E-state index contributed by atoms with van der Waals surface area (Å²) in [7, 11) is -3.46. The first-order valence-corrected chi connectivity index (χ1v) is 7.18. The zero-order chi connectivity index (χ0) is 13.0. The summed E-state index contributed by atoms with van der Waals surface area (Å²) in [6.45, 7) is 0.746. The molecule has 1 aliphatic heterocycles. The lowest BCUT2D eigenvalue weighted by Crippen LogP contribution is -2.41. The molecule has 2 rings (SSSR count). The average Bonchev–Trinajstić information content (AvgIpc) is 2.40. The van der Waals surface area contributed by atoms with Crippen LogP contribution in [0.2, 0.25) is 0 Å². The summed E-state index contributed by atoms with van der Waals surface area (Å²) in [6.07, 6.45) is 1.46. The zero-order valence-corrected chi connectivity index (χ0v) is 10.6. The minimum Gasteiger partial charge on any atom is -0.207 e. The van der Waals surface area contributed by atoms with Crippen LogP contribution in [0, 0.1) is 0 Å². The smallest absolute Gasteiger partial charge is 0.207 e. The lowest BCUT2D eigenvalue weighted by molar-refractivity contribution is 0.316. The van der Waals surface area contributed by atoms with E-state index in [1.807, 2.05) is 0 Å². The highest BCUT2D eigenvalue weighted by atomic mass is 32.2. The molecule has 18 heavy (non-hydrogen) atoms. The first kappa shape index (κ1) is 12.9. The maximum Gasteiger partial charge on any atom is 0.243 e. The zero-order valence-electron chi connectivity index (χ0n) is 9.81. The number of hydrogen-bond acceptors (Lipinski definition) is 3. The molecule has 0 aromatic heterocycles. The van der Waals surface area contributed by atoms with Gasteiger partial charge >= 0.3 is 0 Å². The van der Waals surface area contributed by atoms with E-state index >= 15 is 0 Å². The van der Waals surface area contributed by atoms with E-state index in [-0.39, 0.29) is 17.5 Å². The Bertz CT molecular complexity index is 552. The van der Waals surface area contributed by atoms with Crippen molar-refractivity contribution in [2.75, 3.05) is 13.1 Å². The Morgan fingerprint density at radius 2 is 2.06 bits per heavy atom. The fraction of sp³-hybridized carbons (Fsp3) is 0.455. The minimum absolute atomic E-state index is 0.262. The van der Waals surface area contributed by atoms with Gasteiger partial charge in [-0.25, -0.2) is 8.42 Å². The Kier molecular flexibility index (Phi) is 3.86.